The van der Waals surface area contributed by atoms with Gasteiger partial charge >= 0.3 is 5.97 Å². The molecule has 0 bridgehead atoms. The molecule has 1 aromatic rings. The van der Waals surface area contributed by atoms with Crippen molar-refractivity contribution in [3.63, 3.8) is 0 Å². The number of nitrogens with zero attached hydrogens (tertiary/aromatic N) is 2. The Kier molecular flexibility index (Phi) is 4.78. The smallest absolute Gasteiger partial charge is 0.319 e. The standard InChI is InChI=1S/C17H22N2O2/c1-4-21-16(20)17(14-10-6-5-7-11-14)13-9-8-12-15(17)19(3)18-2/h5-8,10-12,15H,2,4,9,13H2,1,3H3/t15-,17+/m1/s1. The SMILES string of the molecule is C=NN(C)[C@@H]1C=CCC[C@]1(C(=O)OCC)c1ccccc1. The topological polar surface area (TPSA) is 41.9 Å². The minimum absolute atomic E-state index is 0.190. The molecule has 1 aliphatic carbocycles. The highest BCUT2D eigenvalue weighted by Crippen LogP contribution is 2.40. The fourth-order valence-electron chi connectivity index (χ4n) is 3.03. The Hall–Kier alpha value is -2.10. The van der Waals surface area contributed by atoms with Gasteiger partial charge in [-0.25, -0.2) is 0 Å². The Balaban J connectivity index is 2.56. The molecule has 0 unspecified atom stereocenters. The van der Waals surface area contributed by atoms with Crippen molar-refractivity contribution in [3.05, 3.63) is 48.0 Å². The number of hydrogen-bond acceptors (Lipinski definition) is 4. The average Bonchev–Trinajstić information content (AvgIpc) is 2.55. The summed E-state index contributed by atoms with van der Waals surface area (Å²) in [5, 5.41) is 5.74. The molecular formula is C17H22N2O2. The van der Waals surface area contributed by atoms with Gasteiger partial charge in [0, 0.05) is 13.8 Å². The van der Waals surface area contributed by atoms with E-state index in [-0.39, 0.29) is 12.0 Å². The minimum atomic E-state index is -0.734. The normalized spacial score (nSPS) is 24.4. The van der Waals surface area contributed by atoms with E-state index in [4.69, 9.17) is 4.74 Å². The second-order valence-electron chi connectivity index (χ2n) is 5.18. The first-order valence-electron chi connectivity index (χ1n) is 7.25. The number of rotatable bonds is 5. The molecular weight excluding hydrogens is 264 g/mol. The molecule has 0 saturated carbocycles. The molecule has 4 nitrogen and oxygen atoms in total. The van der Waals surface area contributed by atoms with Crippen LogP contribution in [0.4, 0.5) is 0 Å². The second-order valence-corrected chi connectivity index (χ2v) is 5.18. The van der Waals surface area contributed by atoms with Gasteiger partial charge in [-0.2, -0.15) is 5.10 Å². The summed E-state index contributed by atoms with van der Waals surface area (Å²) in [4.78, 5) is 12.8. The monoisotopic (exact) mass is 286 g/mol. The van der Waals surface area contributed by atoms with Crippen LogP contribution in [0, 0.1) is 0 Å². The molecule has 0 radical (unpaired) electrons. The Morgan fingerprint density at radius 1 is 1.48 bits per heavy atom. The highest BCUT2D eigenvalue weighted by atomic mass is 16.5. The maximum atomic E-state index is 12.8. The number of allylic oxidation sites excluding steroid dienone is 1. The van der Waals surface area contributed by atoms with E-state index in [0.29, 0.717) is 13.0 Å². The van der Waals surface area contributed by atoms with Crippen molar-refractivity contribution in [1.82, 2.24) is 5.01 Å². The number of carbonyl (C=O) groups is 1. The van der Waals surface area contributed by atoms with Gasteiger partial charge in [-0.05, 0) is 25.3 Å². The molecule has 1 aliphatic rings. The highest BCUT2D eigenvalue weighted by molar-refractivity contribution is 5.85. The zero-order valence-electron chi connectivity index (χ0n) is 12.7. The van der Waals surface area contributed by atoms with Gasteiger partial charge in [0.2, 0.25) is 0 Å². The highest BCUT2D eigenvalue weighted by Gasteiger charge is 2.50. The lowest BCUT2D eigenvalue weighted by Gasteiger charge is -2.42. The van der Waals surface area contributed by atoms with E-state index in [0.717, 1.165) is 12.0 Å². The third-order valence-corrected chi connectivity index (χ3v) is 4.08. The van der Waals surface area contributed by atoms with Crippen LogP contribution in [0.2, 0.25) is 0 Å². The van der Waals surface area contributed by atoms with E-state index in [1.54, 1.807) is 5.01 Å². The van der Waals surface area contributed by atoms with Gasteiger partial charge in [0.25, 0.3) is 0 Å². The van der Waals surface area contributed by atoms with E-state index in [2.05, 4.69) is 17.9 Å². The van der Waals surface area contributed by atoms with Crippen LogP contribution >= 0.6 is 0 Å². The van der Waals surface area contributed by atoms with Gasteiger partial charge < -0.3 is 4.74 Å². The van der Waals surface area contributed by atoms with Crippen LogP contribution in [-0.4, -0.2) is 37.4 Å². The van der Waals surface area contributed by atoms with Crippen molar-refractivity contribution in [3.8, 4) is 0 Å². The van der Waals surface area contributed by atoms with Crippen LogP contribution < -0.4 is 0 Å². The van der Waals surface area contributed by atoms with Crippen molar-refractivity contribution < 1.29 is 9.53 Å². The summed E-state index contributed by atoms with van der Waals surface area (Å²) in [6, 6.07) is 9.64. The molecule has 0 aromatic heterocycles. The molecule has 2 atom stereocenters. The number of ether oxygens (including phenoxy) is 1. The van der Waals surface area contributed by atoms with Gasteiger partial charge in [0.15, 0.2) is 0 Å². The number of benzene rings is 1. The molecule has 0 fully saturated rings. The van der Waals surface area contributed by atoms with Gasteiger partial charge in [-0.15, -0.1) is 0 Å². The quantitative estimate of drug-likeness (QED) is 0.362. The summed E-state index contributed by atoms with van der Waals surface area (Å²) in [5.41, 5.74) is 0.232. The molecule has 0 aliphatic heterocycles. The summed E-state index contributed by atoms with van der Waals surface area (Å²) in [7, 11) is 1.84. The Labute approximate surface area is 126 Å². The largest absolute Gasteiger partial charge is 0.465 e. The molecule has 21 heavy (non-hydrogen) atoms. The first kappa shape index (κ1) is 15.3. The van der Waals surface area contributed by atoms with E-state index in [9.17, 15) is 4.79 Å². The first-order valence-corrected chi connectivity index (χ1v) is 7.25. The molecule has 4 heteroatoms. The zero-order valence-corrected chi connectivity index (χ0v) is 12.7. The predicted molar refractivity (Wildman–Crippen MR) is 84.2 cm³/mol. The average molecular weight is 286 g/mol. The van der Waals surface area contributed by atoms with Gasteiger partial charge in [-0.1, -0.05) is 42.5 Å². The van der Waals surface area contributed by atoms with E-state index >= 15 is 0 Å². The third kappa shape index (κ3) is 2.71. The molecule has 0 amide bonds. The Morgan fingerprint density at radius 2 is 2.19 bits per heavy atom. The van der Waals surface area contributed by atoms with Crippen LogP contribution in [0.25, 0.3) is 0 Å². The molecule has 0 spiro atoms. The van der Waals surface area contributed by atoms with Crippen molar-refractivity contribution in [2.75, 3.05) is 13.7 Å². The number of esters is 1. The lowest BCUT2D eigenvalue weighted by Crippen LogP contribution is -2.53. The summed E-state index contributed by atoms with van der Waals surface area (Å²) in [6.07, 6.45) is 5.67. The van der Waals surface area contributed by atoms with Gasteiger partial charge in [0.1, 0.15) is 5.41 Å². The molecule has 0 N–H and O–H groups in total. The molecule has 1 aromatic carbocycles. The van der Waals surface area contributed by atoms with Crippen LogP contribution in [0.5, 0.6) is 0 Å². The fourth-order valence-corrected chi connectivity index (χ4v) is 3.03. The summed E-state index contributed by atoms with van der Waals surface area (Å²) in [5.74, 6) is -0.193. The predicted octanol–water partition coefficient (Wildman–Crippen LogP) is 2.75. The third-order valence-electron chi connectivity index (χ3n) is 4.08. The van der Waals surface area contributed by atoms with E-state index in [1.165, 1.54) is 0 Å². The Morgan fingerprint density at radius 3 is 2.81 bits per heavy atom. The molecule has 2 rings (SSSR count). The minimum Gasteiger partial charge on any atom is -0.465 e. The van der Waals surface area contributed by atoms with Crippen LogP contribution in [0.1, 0.15) is 25.3 Å². The maximum absolute atomic E-state index is 12.8. The lowest BCUT2D eigenvalue weighted by atomic mass is 9.68. The van der Waals surface area contributed by atoms with Gasteiger partial charge in [0.05, 0.1) is 12.6 Å². The zero-order chi connectivity index (χ0) is 15.3. The van der Waals surface area contributed by atoms with Crippen LogP contribution in [0.15, 0.2) is 47.6 Å². The summed E-state index contributed by atoms with van der Waals surface area (Å²) < 4.78 is 5.40. The van der Waals surface area contributed by atoms with E-state index in [1.807, 2.05) is 50.4 Å². The molecule has 0 heterocycles. The first-order chi connectivity index (χ1) is 10.2. The lowest BCUT2D eigenvalue weighted by molar-refractivity contribution is -0.153. The molecule has 0 saturated heterocycles. The molecule has 112 valence electrons. The maximum Gasteiger partial charge on any atom is 0.319 e. The van der Waals surface area contributed by atoms with E-state index < -0.39 is 5.41 Å². The second kappa shape index (κ2) is 6.57. The van der Waals surface area contributed by atoms with Crippen molar-refractivity contribution in [2.24, 2.45) is 5.10 Å². The van der Waals surface area contributed by atoms with Crippen molar-refractivity contribution in [2.45, 2.75) is 31.2 Å². The number of hydrogen-bond donors (Lipinski definition) is 0. The van der Waals surface area contributed by atoms with Crippen molar-refractivity contribution >= 4 is 12.7 Å². The van der Waals surface area contributed by atoms with Gasteiger partial charge in [-0.3, -0.25) is 9.80 Å². The van der Waals surface area contributed by atoms with Crippen LogP contribution in [0.3, 0.4) is 0 Å². The number of carbonyl (C=O) groups excluding carboxylic acids is 1. The number of hydrazone groups is 1. The van der Waals surface area contributed by atoms with Crippen LogP contribution in [-0.2, 0) is 14.9 Å². The summed E-state index contributed by atoms with van der Waals surface area (Å²) >= 11 is 0. The summed E-state index contributed by atoms with van der Waals surface area (Å²) in [6.45, 7) is 5.79. The van der Waals surface area contributed by atoms with Crippen molar-refractivity contribution in [1.29, 1.82) is 0 Å². The fraction of sp³-hybridized carbons (Fsp3) is 0.412. The number of likely N-dealkylation sites (N-methyl/N-ethyl adjacent to an activating group) is 1. The Bertz CT molecular complexity index is 527.